The molecule has 0 spiro atoms. The molecule has 0 unspecified atom stereocenters. The smallest absolute Gasteiger partial charge is 0.167 e. The van der Waals surface area contributed by atoms with E-state index in [4.69, 9.17) is 4.74 Å². The minimum absolute atomic E-state index is 0. The predicted molar refractivity (Wildman–Crippen MR) is 45.1 cm³/mol. The van der Waals surface area contributed by atoms with E-state index in [1.54, 1.807) is 5.94 Å². The standard InChI is InChI=1S/C7H14NO2.2ClH.H3N/c1-8(2,3)4-6-10-7-5-9;;;/h7H,4,6H2,1-3H3;2*1H;1H3/q+1;;;/p-1. The molecule has 82 valence electrons. The van der Waals surface area contributed by atoms with Crippen LogP contribution in [0.25, 0.3) is 0 Å². The van der Waals surface area contributed by atoms with Crippen LogP contribution in [0.1, 0.15) is 0 Å². The van der Waals surface area contributed by atoms with Crippen molar-refractivity contribution in [3.63, 3.8) is 0 Å². The monoisotopic (exact) mass is 232 g/mol. The van der Waals surface area contributed by atoms with Gasteiger partial charge in [0.15, 0.2) is 12.2 Å². The molecule has 0 fully saturated rings. The van der Waals surface area contributed by atoms with E-state index < -0.39 is 0 Å². The molecular formula is C7H18Cl2N2O2. The molecule has 0 radical (unpaired) electrons. The van der Waals surface area contributed by atoms with Gasteiger partial charge in [-0.25, -0.2) is 4.79 Å². The summed E-state index contributed by atoms with van der Waals surface area (Å²) in [5, 5.41) is 0. The third-order valence-corrected chi connectivity index (χ3v) is 1.01. The van der Waals surface area contributed by atoms with Crippen LogP contribution in [-0.4, -0.2) is 44.7 Å². The fraction of sp³-hybridized carbons (Fsp3) is 0.714. The zero-order valence-electron chi connectivity index (χ0n) is 8.51. The molecule has 0 aromatic rings. The van der Waals surface area contributed by atoms with Crippen LogP contribution in [0.5, 0.6) is 0 Å². The lowest BCUT2D eigenvalue weighted by Crippen LogP contribution is -3.00. The summed E-state index contributed by atoms with van der Waals surface area (Å²) in [6.07, 6.45) is 1.05. The van der Waals surface area contributed by atoms with Crippen LogP contribution in [0.4, 0.5) is 0 Å². The normalized spacial score (nSPS) is 7.92. The van der Waals surface area contributed by atoms with E-state index in [0.717, 1.165) is 17.3 Å². The Kier molecular flexibility index (Phi) is 20.8. The first-order chi connectivity index (χ1) is 4.56. The van der Waals surface area contributed by atoms with Crippen molar-refractivity contribution in [1.82, 2.24) is 6.15 Å². The van der Waals surface area contributed by atoms with Gasteiger partial charge in [0.2, 0.25) is 0 Å². The van der Waals surface area contributed by atoms with Gasteiger partial charge in [0.05, 0.1) is 21.1 Å². The van der Waals surface area contributed by atoms with Crippen molar-refractivity contribution in [2.75, 3.05) is 34.3 Å². The maximum absolute atomic E-state index is 9.62. The summed E-state index contributed by atoms with van der Waals surface area (Å²) in [6.45, 7) is 1.46. The van der Waals surface area contributed by atoms with Crippen molar-refractivity contribution < 1.29 is 38.8 Å². The summed E-state index contributed by atoms with van der Waals surface area (Å²) in [5.74, 6) is 1.55. The summed E-state index contributed by atoms with van der Waals surface area (Å²) in [6, 6.07) is 0. The molecule has 0 aromatic carbocycles. The van der Waals surface area contributed by atoms with E-state index in [1.807, 2.05) is 0 Å². The topological polar surface area (TPSA) is 62.8 Å². The maximum Gasteiger partial charge on any atom is 0.167 e. The lowest BCUT2D eigenvalue weighted by molar-refractivity contribution is -0.870. The Morgan fingerprint density at radius 1 is 1.31 bits per heavy atom. The number of quaternary nitrogens is 2. The molecule has 0 atom stereocenters. The molecule has 0 bridgehead atoms. The molecule has 0 aliphatic heterocycles. The van der Waals surface area contributed by atoms with Crippen molar-refractivity contribution >= 4 is 5.94 Å². The van der Waals surface area contributed by atoms with Gasteiger partial charge in [-0.05, 0) is 0 Å². The summed E-state index contributed by atoms with van der Waals surface area (Å²) in [4.78, 5) is 9.62. The second kappa shape index (κ2) is 11.8. The molecule has 0 aliphatic carbocycles. The molecule has 4 nitrogen and oxygen atoms in total. The minimum atomic E-state index is 0. The number of ether oxygens (including phenoxy) is 1. The van der Waals surface area contributed by atoms with E-state index in [0.29, 0.717) is 6.61 Å². The van der Waals surface area contributed by atoms with Crippen LogP contribution in [0, 0.1) is 0 Å². The molecule has 0 aromatic heterocycles. The zero-order chi connectivity index (χ0) is 8.04. The van der Waals surface area contributed by atoms with Gasteiger partial charge in [0, 0.05) is 0 Å². The van der Waals surface area contributed by atoms with Crippen LogP contribution >= 0.6 is 0 Å². The van der Waals surface area contributed by atoms with Gasteiger partial charge < -0.3 is 40.2 Å². The fourth-order valence-corrected chi connectivity index (χ4v) is 0.420. The Morgan fingerprint density at radius 3 is 2.08 bits per heavy atom. The number of hydrogen-bond donors (Lipinski definition) is 1. The molecule has 0 saturated heterocycles. The van der Waals surface area contributed by atoms with Crippen LogP contribution in [-0.2, 0) is 9.53 Å². The number of likely N-dealkylation sites (N-methyl/N-ethyl adjacent to an activating group) is 1. The minimum Gasteiger partial charge on any atom is -1.00 e. The van der Waals surface area contributed by atoms with Crippen molar-refractivity contribution in [1.29, 1.82) is 0 Å². The largest absolute Gasteiger partial charge is 1.00 e. The van der Waals surface area contributed by atoms with Gasteiger partial charge in [-0.1, -0.05) is 0 Å². The van der Waals surface area contributed by atoms with Gasteiger partial charge in [0.25, 0.3) is 0 Å². The van der Waals surface area contributed by atoms with E-state index in [9.17, 15) is 4.79 Å². The number of hydrogen-bond acceptors (Lipinski definition) is 2. The molecule has 0 heterocycles. The number of carbonyl (C=O) groups excluding carboxylic acids is 1. The van der Waals surface area contributed by atoms with E-state index in [-0.39, 0.29) is 31.0 Å². The Labute approximate surface area is 91.9 Å². The first-order valence-electron chi connectivity index (χ1n) is 3.18. The van der Waals surface area contributed by atoms with Crippen LogP contribution in [0.3, 0.4) is 0 Å². The number of nitrogens with zero attached hydrogens (tertiary/aromatic N) is 1. The third-order valence-electron chi connectivity index (χ3n) is 1.01. The maximum atomic E-state index is 9.62. The fourth-order valence-electron chi connectivity index (χ4n) is 0.420. The Hall–Kier alpha value is -0.250. The van der Waals surface area contributed by atoms with Crippen molar-refractivity contribution in [3.8, 4) is 0 Å². The summed E-state index contributed by atoms with van der Waals surface area (Å²) < 4.78 is 5.63. The second-order valence-corrected chi connectivity index (χ2v) is 3.12. The Morgan fingerprint density at radius 2 is 1.77 bits per heavy atom. The highest BCUT2D eigenvalue weighted by Crippen LogP contribution is 1.88. The van der Waals surface area contributed by atoms with E-state index in [2.05, 4.69) is 21.1 Å². The first-order valence-corrected chi connectivity index (χ1v) is 3.18. The highest BCUT2D eigenvalue weighted by molar-refractivity contribution is 5.42. The third kappa shape index (κ3) is 24.5. The van der Waals surface area contributed by atoms with Crippen molar-refractivity contribution in [2.45, 2.75) is 0 Å². The van der Waals surface area contributed by atoms with E-state index in [1.165, 1.54) is 0 Å². The molecule has 6 heteroatoms. The lowest BCUT2D eigenvalue weighted by atomic mass is 10.5. The second-order valence-electron chi connectivity index (χ2n) is 3.12. The highest BCUT2D eigenvalue weighted by Gasteiger charge is 2.04. The SMILES string of the molecule is C[N+](C)(C)CCOC=C=O.[Cl-].[Cl-].[NH4+]. The van der Waals surface area contributed by atoms with Gasteiger partial charge in [-0.3, -0.25) is 0 Å². The van der Waals surface area contributed by atoms with Crippen LogP contribution in [0.15, 0.2) is 6.26 Å². The zero-order valence-corrected chi connectivity index (χ0v) is 10.0. The predicted octanol–water partition coefficient (Wildman–Crippen LogP) is -5.56. The molecule has 0 saturated carbocycles. The number of rotatable bonds is 4. The molecule has 0 rings (SSSR count). The molecular weight excluding hydrogens is 215 g/mol. The van der Waals surface area contributed by atoms with Gasteiger partial charge in [0.1, 0.15) is 13.2 Å². The first kappa shape index (κ1) is 23.0. The average Bonchev–Trinajstić information content (AvgIpc) is 1.78. The van der Waals surface area contributed by atoms with Gasteiger partial charge >= 0.3 is 0 Å². The molecule has 0 amide bonds. The summed E-state index contributed by atoms with van der Waals surface area (Å²) >= 11 is 0. The molecule has 0 aliphatic rings. The van der Waals surface area contributed by atoms with Crippen molar-refractivity contribution in [2.24, 2.45) is 0 Å². The summed E-state index contributed by atoms with van der Waals surface area (Å²) in [7, 11) is 6.19. The molecule has 13 heavy (non-hydrogen) atoms. The quantitative estimate of drug-likeness (QED) is 0.228. The van der Waals surface area contributed by atoms with Crippen LogP contribution < -0.4 is 31.0 Å². The van der Waals surface area contributed by atoms with Gasteiger partial charge in [-0.2, -0.15) is 0 Å². The number of halogens is 2. The summed E-state index contributed by atoms with van der Waals surface area (Å²) in [5.41, 5.74) is 0. The Bertz CT molecular complexity index is 142. The van der Waals surface area contributed by atoms with Crippen molar-refractivity contribution in [3.05, 3.63) is 6.26 Å². The van der Waals surface area contributed by atoms with Gasteiger partial charge in [-0.15, -0.1) is 0 Å². The average molecular weight is 233 g/mol. The van der Waals surface area contributed by atoms with Crippen LogP contribution in [0.2, 0.25) is 0 Å². The van der Waals surface area contributed by atoms with E-state index >= 15 is 0 Å². The molecule has 4 N–H and O–H groups in total. The lowest BCUT2D eigenvalue weighted by Gasteiger charge is -2.22. The highest BCUT2D eigenvalue weighted by atomic mass is 35.5. The Balaban J connectivity index is -0.000000135.